The molecule has 1 amide bonds. The Morgan fingerprint density at radius 1 is 0.905 bits per heavy atom. The first-order valence-electron chi connectivity index (χ1n) is 14.1. The third-order valence-corrected chi connectivity index (χ3v) is 7.66. The molecule has 9 nitrogen and oxygen atoms in total. The highest BCUT2D eigenvalue weighted by Crippen LogP contribution is 2.32. The molecule has 0 radical (unpaired) electrons. The fraction of sp³-hybridized carbons (Fsp3) is 0.281. The van der Waals surface area contributed by atoms with Crippen molar-refractivity contribution >= 4 is 23.3 Å². The Hall–Kier alpha value is -4.86. The average Bonchev–Trinajstić information content (AvgIpc) is 3.47. The topological polar surface area (TPSA) is 80.1 Å². The van der Waals surface area contributed by atoms with Crippen molar-refractivity contribution < 1.29 is 23.5 Å². The number of carbonyl (C=O) groups is 2. The summed E-state index contributed by atoms with van der Waals surface area (Å²) in [6.07, 6.45) is 0. The lowest BCUT2D eigenvalue weighted by atomic mass is 10.1. The lowest BCUT2D eigenvalue weighted by Crippen LogP contribution is -2.48. The molecule has 1 fully saturated rings. The first kappa shape index (κ1) is 27.3. The van der Waals surface area contributed by atoms with Crippen molar-refractivity contribution in [1.82, 2.24) is 14.7 Å². The fourth-order valence-corrected chi connectivity index (χ4v) is 5.36. The second kappa shape index (κ2) is 11.6. The molecule has 6 rings (SSSR count). The molecule has 4 aromatic rings. The SMILES string of the molecule is CCOC(=O)c1cc(-c2ccc(N3CCN(C(=O)c4ccc5c(c4)OCCN5C)CC3)cc2)n(-c2ccc(F)cc2)n1. The molecule has 0 spiro atoms. The summed E-state index contributed by atoms with van der Waals surface area (Å²) >= 11 is 0. The first-order valence-corrected chi connectivity index (χ1v) is 14.1. The van der Waals surface area contributed by atoms with Crippen LogP contribution < -0.4 is 14.5 Å². The van der Waals surface area contributed by atoms with E-state index in [4.69, 9.17) is 9.47 Å². The lowest BCUT2D eigenvalue weighted by molar-refractivity contribution is 0.0518. The Morgan fingerprint density at radius 2 is 1.62 bits per heavy atom. The van der Waals surface area contributed by atoms with Gasteiger partial charge in [0.25, 0.3) is 5.91 Å². The average molecular weight is 570 g/mol. The summed E-state index contributed by atoms with van der Waals surface area (Å²) in [5, 5.41) is 4.46. The van der Waals surface area contributed by atoms with Crippen LogP contribution in [-0.2, 0) is 4.74 Å². The molecule has 216 valence electrons. The van der Waals surface area contributed by atoms with Gasteiger partial charge in [-0.25, -0.2) is 13.9 Å². The largest absolute Gasteiger partial charge is 0.490 e. The predicted molar refractivity (Wildman–Crippen MR) is 158 cm³/mol. The number of fused-ring (bicyclic) bond motifs is 1. The number of esters is 1. The number of anilines is 2. The van der Waals surface area contributed by atoms with Gasteiger partial charge >= 0.3 is 5.97 Å². The maximum absolute atomic E-state index is 13.6. The molecule has 0 unspecified atom stereocenters. The van der Waals surface area contributed by atoms with E-state index in [2.05, 4.69) is 14.9 Å². The Balaban J connectivity index is 1.16. The maximum atomic E-state index is 13.6. The zero-order valence-corrected chi connectivity index (χ0v) is 23.6. The molecule has 2 aliphatic rings. The van der Waals surface area contributed by atoms with Gasteiger partial charge in [0.05, 0.1) is 30.2 Å². The number of benzene rings is 3. The van der Waals surface area contributed by atoms with Crippen LogP contribution in [0.3, 0.4) is 0 Å². The van der Waals surface area contributed by atoms with Crippen molar-refractivity contribution in [3.8, 4) is 22.7 Å². The molecule has 1 aromatic heterocycles. The van der Waals surface area contributed by atoms with E-state index in [1.165, 1.54) is 12.1 Å². The molecular formula is C32H32FN5O4. The van der Waals surface area contributed by atoms with Crippen LogP contribution in [-0.4, -0.2) is 79.5 Å². The fourth-order valence-electron chi connectivity index (χ4n) is 5.36. The van der Waals surface area contributed by atoms with Crippen LogP contribution >= 0.6 is 0 Å². The molecule has 42 heavy (non-hydrogen) atoms. The number of halogens is 1. The molecule has 3 heterocycles. The van der Waals surface area contributed by atoms with Gasteiger partial charge < -0.3 is 24.2 Å². The minimum Gasteiger partial charge on any atom is -0.490 e. The van der Waals surface area contributed by atoms with Gasteiger partial charge in [0.15, 0.2) is 5.69 Å². The van der Waals surface area contributed by atoms with E-state index < -0.39 is 5.97 Å². The van der Waals surface area contributed by atoms with Gasteiger partial charge in [0.2, 0.25) is 0 Å². The van der Waals surface area contributed by atoms with Crippen molar-refractivity contribution in [2.75, 3.05) is 62.8 Å². The molecule has 1 saturated heterocycles. The number of amides is 1. The van der Waals surface area contributed by atoms with Crippen LogP contribution in [0.15, 0.2) is 72.8 Å². The zero-order chi connectivity index (χ0) is 29.2. The van der Waals surface area contributed by atoms with Crippen molar-refractivity contribution in [1.29, 1.82) is 0 Å². The van der Waals surface area contributed by atoms with Crippen LogP contribution in [0.4, 0.5) is 15.8 Å². The first-order chi connectivity index (χ1) is 20.4. The number of hydrogen-bond acceptors (Lipinski definition) is 7. The second-order valence-electron chi connectivity index (χ2n) is 10.3. The third kappa shape index (κ3) is 5.39. The highest BCUT2D eigenvalue weighted by molar-refractivity contribution is 5.95. The van der Waals surface area contributed by atoms with E-state index in [0.29, 0.717) is 49.7 Å². The van der Waals surface area contributed by atoms with E-state index in [1.807, 2.05) is 54.4 Å². The predicted octanol–water partition coefficient (Wildman–Crippen LogP) is 4.65. The van der Waals surface area contributed by atoms with Crippen LogP contribution in [0.2, 0.25) is 0 Å². The Bertz CT molecular complexity index is 1590. The Kier molecular flexibility index (Phi) is 7.52. The molecule has 10 heteroatoms. The molecule has 2 aliphatic heterocycles. The van der Waals surface area contributed by atoms with Crippen molar-refractivity contribution in [3.63, 3.8) is 0 Å². The van der Waals surface area contributed by atoms with E-state index in [-0.39, 0.29) is 24.0 Å². The number of hydrogen-bond donors (Lipinski definition) is 0. The highest BCUT2D eigenvalue weighted by atomic mass is 19.1. The number of ether oxygens (including phenoxy) is 2. The molecule has 0 bridgehead atoms. The van der Waals surface area contributed by atoms with Gasteiger partial charge in [-0.15, -0.1) is 0 Å². The van der Waals surface area contributed by atoms with Crippen LogP contribution in [0.5, 0.6) is 5.75 Å². The van der Waals surface area contributed by atoms with Crippen LogP contribution in [0, 0.1) is 5.82 Å². The maximum Gasteiger partial charge on any atom is 0.358 e. The molecule has 0 N–H and O–H groups in total. The summed E-state index contributed by atoms with van der Waals surface area (Å²) in [7, 11) is 2.02. The van der Waals surface area contributed by atoms with Crippen LogP contribution in [0.25, 0.3) is 16.9 Å². The Morgan fingerprint density at radius 3 is 2.33 bits per heavy atom. The summed E-state index contributed by atoms with van der Waals surface area (Å²) in [6, 6.07) is 21.3. The number of nitrogens with zero attached hydrogens (tertiary/aromatic N) is 5. The number of aromatic nitrogens is 2. The molecule has 0 atom stereocenters. The number of likely N-dealkylation sites (N-methyl/N-ethyl adjacent to an activating group) is 1. The summed E-state index contributed by atoms with van der Waals surface area (Å²) < 4.78 is 26.1. The minimum absolute atomic E-state index is 0.0103. The monoisotopic (exact) mass is 569 g/mol. The van der Waals surface area contributed by atoms with Gasteiger partial charge in [0.1, 0.15) is 18.2 Å². The van der Waals surface area contributed by atoms with Crippen LogP contribution in [0.1, 0.15) is 27.8 Å². The van der Waals surface area contributed by atoms with Gasteiger partial charge in [-0.1, -0.05) is 12.1 Å². The van der Waals surface area contributed by atoms with E-state index in [1.54, 1.807) is 29.8 Å². The molecule has 0 saturated carbocycles. The Labute approximate surface area is 243 Å². The standard InChI is InChI=1S/C32H32FN5O4/c1-3-41-32(40)27-21-29(38(34-27)26-11-7-24(33)8-12-26)22-4-9-25(10-5-22)36-14-16-37(17-15-36)31(39)23-6-13-28-30(20-23)42-19-18-35(28)2/h4-13,20-21H,3,14-19H2,1-2H3. The van der Waals surface area contributed by atoms with E-state index in [0.717, 1.165) is 29.2 Å². The molecule has 0 aliphatic carbocycles. The smallest absolute Gasteiger partial charge is 0.358 e. The highest BCUT2D eigenvalue weighted by Gasteiger charge is 2.25. The third-order valence-electron chi connectivity index (χ3n) is 7.66. The van der Waals surface area contributed by atoms with Gasteiger partial charge in [-0.2, -0.15) is 5.10 Å². The van der Waals surface area contributed by atoms with E-state index >= 15 is 0 Å². The lowest BCUT2D eigenvalue weighted by Gasteiger charge is -2.36. The zero-order valence-electron chi connectivity index (χ0n) is 23.6. The summed E-state index contributed by atoms with van der Waals surface area (Å²) in [4.78, 5) is 31.9. The van der Waals surface area contributed by atoms with Crippen molar-refractivity contribution in [3.05, 3.63) is 89.9 Å². The van der Waals surface area contributed by atoms with Gasteiger partial charge in [-0.3, -0.25) is 4.79 Å². The number of carbonyl (C=O) groups excluding carboxylic acids is 2. The number of rotatable bonds is 6. The van der Waals surface area contributed by atoms with Crippen molar-refractivity contribution in [2.45, 2.75) is 6.92 Å². The quantitative estimate of drug-likeness (QED) is 0.313. The summed E-state index contributed by atoms with van der Waals surface area (Å²) in [6.45, 7) is 6.05. The summed E-state index contributed by atoms with van der Waals surface area (Å²) in [5.41, 5.74) is 5.02. The summed E-state index contributed by atoms with van der Waals surface area (Å²) in [5.74, 6) is -0.104. The number of piperazine rings is 1. The normalized spacial score (nSPS) is 14.8. The second-order valence-corrected chi connectivity index (χ2v) is 10.3. The molecular weight excluding hydrogens is 537 g/mol. The van der Waals surface area contributed by atoms with E-state index in [9.17, 15) is 14.0 Å². The minimum atomic E-state index is -0.515. The molecule has 3 aromatic carbocycles. The van der Waals surface area contributed by atoms with Crippen molar-refractivity contribution in [2.24, 2.45) is 0 Å². The van der Waals surface area contributed by atoms with Gasteiger partial charge in [0, 0.05) is 50.0 Å². The van der Waals surface area contributed by atoms with Gasteiger partial charge in [-0.05, 0) is 67.6 Å².